The smallest absolute Gasteiger partial charge is 0.136 e. The van der Waals surface area contributed by atoms with Gasteiger partial charge in [-0.25, -0.2) is 0 Å². The molecule has 0 aliphatic carbocycles. The number of hydrogen-bond donors (Lipinski definition) is 1. The molecule has 84 valence electrons. The van der Waals surface area contributed by atoms with Crippen LogP contribution >= 0.6 is 39.1 Å². The molecule has 0 aliphatic rings. The van der Waals surface area contributed by atoms with E-state index < -0.39 is 0 Å². The Labute approximate surface area is 112 Å². The summed E-state index contributed by atoms with van der Waals surface area (Å²) in [5.41, 5.74) is 0.901. The first-order chi connectivity index (χ1) is 7.66. The molecule has 0 unspecified atom stereocenters. The van der Waals surface area contributed by atoms with E-state index >= 15 is 0 Å². The predicted molar refractivity (Wildman–Crippen MR) is 70.2 cm³/mol. The van der Waals surface area contributed by atoms with Gasteiger partial charge in [-0.3, -0.25) is 0 Å². The Bertz CT molecular complexity index is 498. The van der Waals surface area contributed by atoms with Crippen molar-refractivity contribution in [1.29, 1.82) is 0 Å². The van der Waals surface area contributed by atoms with Gasteiger partial charge >= 0.3 is 0 Å². The molecule has 1 heterocycles. The van der Waals surface area contributed by atoms with Crippen LogP contribution in [0.3, 0.4) is 0 Å². The van der Waals surface area contributed by atoms with Crippen LogP contribution < -0.4 is 5.32 Å². The van der Waals surface area contributed by atoms with E-state index in [0.29, 0.717) is 16.6 Å². The molecule has 0 saturated heterocycles. The fraction of sp³-hybridized carbons (Fsp3) is 0.0909. The van der Waals surface area contributed by atoms with E-state index in [1.807, 2.05) is 12.1 Å². The lowest BCUT2D eigenvalue weighted by atomic mass is 10.3. The molecule has 0 atom stereocenters. The third-order valence-electron chi connectivity index (χ3n) is 2.06. The molecule has 1 aromatic carbocycles. The summed E-state index contributed by atoms with van der Waals surface area (Å²) in [5, 5.41) is 4.27. The molecular formula is C11H8BrCl2NO. The van der Waals surface area contributed by atoms with E-state index in [2.05, 4.69) is 21.2 Å². The second-order valence-corrected chi connectivity index (χ2v) is 4.84. The number of furan rings is 1. The van der Waals surface area contributed by atoms with E-state index in [1.54, 1.807) is 18.4 Å². The first-order valence-corrected chi connectivity index (χ1v) is 6.12. The molecule has 0 radical (unpaired) electrons. The average Bonchev–Trinajstić information content (AvgIpc) is 2.66. The molecule has 2 aromatic rings. The van der Waals surface area contributed by atoms with Crippen LogP contribution in [0.15, 0.2) is 39.4 Å². The van der Waals surface area contributed by atoms with Crippen LogP contribution in [0.25, 0.3) is 0 Å². The fourth-order valence-electron chi connectivity index (χ4n) is 1.24. The topological polar surface area (TPSA) is 25.2 Å². The van der Waals surface area contributed by atoms with Crippen LogP contribution in [0.4, 0.5) is 5.69 Å². The van der Waals surface area contributed by atoms with Gasteiger partial charge in [0.1, 0.15) is 5.76 Å². The molecule has 0 saturated carbocycles. The minimum absolute atomic E-state index is 0.533. The van der Waals surface area contributed by atoms with Gasteiger partial charge in [0.2, 0.25) is 0 Å². The second kappa shape index (κ2) is 5.13. The second-order valence-electron chi connectivity index (χ2n) is 3.17. The van der Waals surface area contributed by atoms with Crippen LogP contribution in [0.1, 0.15) is 5.76 Å². The molecule has 5 heteroatoms. The normalized spacial score (nSPS) is 10.4. The lowest BCUT2D eigenvalue weighted by Gasteiger charge is -2.05. The molecule has 2 rings (SSSR count). The van der Waals surface area contributed by atoms with E-state index in [9.17, 15) is 0 Å². The van der Waals surface area contributed by atoms with Gasteiger partial charge in [0, 0.05) is 5.69 Å². The van der Waals surface area contributed by atoms with Crippen molar-refractivity contribution in [1.82, 2.24) is 0 Å². The van der Waals surface area contributed by atoms with Gasteiger partial charge in [-0.1, -0.05) is 23.2 Å². The number of nitrogens with one attached hydrogen (secondary N) is 1. The third-order valence-corrected chi connectivity index (χ3v) is 3.51. The maximum atomic E-state index is 5.90. The first-order valence-electron chi connectivity index (χ1n) is 4.57. The summed E-state index contributed by atoms with van der Waals surface area (Å²) in [6, 6.07) is 7.25. The lowest BCUT2D eigenvalue weighted by molar-refractivity contribution is 0.516. The molecule has 0 aliphatic heterocycles. The molecule has 0 amide bonds. The molecule has 0 fully saturated rings. The summed E-state index contributed by atoms with van der Waals surface area (Å²) in [7, 11) is 0. The van der Waals surface area contributed by atoms with Crippen molar-refractivity contribution in [3.8, 4) is 0 Å². The number of halogens is 3. The van der Waals surface area contributed by atoms with Crippen molar-refractivity contribution >= 4 is 44.8 Å². The summed E-state index contributed by atoms with van der Waals surface area (Å²) in [6.07, 6.45) is 1.63. The van der Waals surface area contributed by atoms with Gasteiger partial charge in [-0.15, -0.1) is 0 Å². The van der Waals surface area contributed by atoms with Gasteiger partial charge < -0.3 is 9.73 Å². The largest absolute Gasteiger partial charge is 0.466 e. The zero-order chi connectivity index (χ0) is 11.5. The van der Waals surface area contributed by atoms with Crippen LogP contribution in [0, 0.1) is 0 Å². The molecule has 16 heavy (non-hydrogen) atoms. The SMILES string of the molecule is Clc1ccc(NCc2occc2Br)cc1Cl. The van der Waals surface area contributed by atoms with Crippen molar-refractivity contribution in [3.63, 3.8) is 0 Å². The molecule has 0 bridgehead atoms. The zero-order valence-electron chi connectivity index (χ0n) is 8.14. The Morgan fingerprint density at radius 2 is 2.00 bits per heavy atom. The van der Waals surface area contributed by atoms with Crippen molar-refractivity contribution < 1.29 is 4.42 Å². The highest BCUT2D eigenvalue weighted by Crippen LogP contribution is 2.26. The highest BCUT2D eigenvalue weighted by molar-refractivity contribution is 9.10. The number of rotatable bonds is 3. The number of anilines is 1. The molecule has 1 aromatic heterocycles. The van der Waals surface area contributed by atoms with Crippen molar-refractivity contribution in [2.24, 2.45) is 0 Å². The van der Waals surface area contributed by atoms with Gasteiger partial charge in [0.15, 0.2) is 0 Å². The molecular weight excluding hydrogens is 313 g/mol. The molecule has 0 spiro atoms. The van der Waals surface area contributed by atoms with Crippen LogP contribution in [0.2, 0.25) is 10.0 Å². The summed E-state index contributed by atoms with van der Waals surface area (Å²) >= 11 is 15.1. The first kappa shape index (κ1) is 11.8. The summed E-state index contributed by atoms with van der Waals surface area (Å²) in [6.45, 7) is 0.589. The maximum absolute atomic E-state index is 5.90. The average molecular weight is 321 g/mol. The Hall–Kier alpha value is -0.640. The van der Waals surface area contributed by atoms with Crippen LogP contribution in [-0.2, 0) is 6.54 Å². The van der Waals surface area contributed by atoms with Crippen LogP contribution in [0.5, 0.6) is 0 Å². The Balaban J connectivity index is 2.05. The lowest BCUT2D eigenvalue weighted by Crippen LogP contribution is -1.98. The Kier molecular flexibility index (Phi) is 3.79. The summed E-state index contributed by atoms with van der Waals surface area (Å²) in [5.74, 6) is 0.839. The molecule has 2 nitrogen and oxygen atoms in total. The minimum atomic E-state index is 0.533. The van der Waals surface area contributed by atoms with Crippen LogP contribution in [-0.4, -0.2) is 0 Å². The van der Waals surface area contributed by atoms with Gasteiger partial charge in [-0.2, -0.15) is 0 Å². The van der Waals surface area contributed by atoms with E-state index in [1.165, 1.54) is 0 Å². The predicted octanol–water partition coefficient (Wildman–Crippen LogP) is 4.96. The van der Waals surface area contributed by atoms with Crippen molar-refractivity contribution in [3.05, 3.63) is 50.8 Å². The van der Waals surface area contributed by atoms with Gasteiger partial charge in [0.05, 0.1) is 27.3 Å². The van der Waals surface area contributed by atoms with E-state index in [-0.39, 0.29) is 0 Å². The minimum Gasteiger partial charge on any atom is -0.466 e. The van der Waals surface area contributed by atoms with Gasteiger partial charge in [0.25, 0.3) is 0 Å². The molecule has 1 N–H and O–H groups in total. The van der Waals surface area contributed by atoms with E-state index in [0.717, 1.165) is 15.9 Å². The summed E-state index contributed by atoms with van der Waals surface area (Å²) in [4.78, 5) is 0. The number of hydrogen-bond acceptors (Lipinski definition) is 2. The summed E-state index contributed by atoms with van der Waals surface area (Å²) < 4.78 is 6.22. The van der Waals surface area contributed by atoms with E-state index in [4.69, 9.17) is 27.6 Å². The Morgan fingerprint density at radius 1 is 1.19 bits per heavy atom. The highest BCUT2D eigenvalue weighted by Gasteiger charge is 2.04. The highest BCUT2D eigenvalue weighted by atomic mass is 79.9. The number of benzene rings is 1. The van der Waals surface area contributed by atoms with Crippen molar-refractivity contribution in [2.45, 2.75) is 6.54 Å². The van der Waals surface area contributed by atoms with Gasteiger partial charge in [-0.05, 0) is 40.2 Å². The fourth-order valence-corrected chi connectivity index (χ4v) is 1.88. The van der Waals surface area contributed by atoms with Crippen molar-refractivity contribution in [2.75, 3.05) is 5.32 Å². The standard InChI is InChI=1S/C11H8BrCl2NO/c12-8-3-4-16-11(8)6-15-7-1-2-9(13)10(14)5-7/h1-5,15H,6H2. The monoisotopic (exact) mass is 319 g/mol. The maximum Gasteiger partial charge on any atom is 0.136 e. The quantitative estimate of drug-likeness (QED) is 0.864. The Morgan fingerprint density at radius 3 is 2.62 bits per heavy atom. The zero-order valence-corrected chi connectivity index (χ0v) is 11.2. The third kappa shape index (κ3) is 2.73.